The van der Waals surface area contributed by atoms with Crippen LogP contribution in [-0.2, 0) is 0 Å². The van der Waals surface area contributed by atoms with Crippen molar-refractivity contribution in [3.63, 3.8) is 0 Å². The summed E-state index contributed by atoms with van der Waals surface area (Å²) in [5.74, 6) is 0. The van der Waals surface area contributed by atoms with Crippen LogP contribution in [0.15, 0.2) is 24.3 Å². The molecule has 0 radical (unpaired) electrons. The van der Waals surface area contributed by atoms with Crippen molar-refractivity contribution in [1.29, 1.82) is 0 Å². The lowest BCUT2D eigenvalue weighted by Gasteiger charge is -2.26. The number of hydrogen-bond donors (Lipinski definition) is 2. The highest BCUT2D eigenvalue weighted by Gasteiger charge is 2.20. The third-order valence-corrected chi connectivity index (χ3v) is 3.08. The Morgan fingerprint density at radius 3 is 2.86 bits per heavy atom. The van der Waals surface area contributed by atoms with E-state index in [0.29, 0.717) is 6.04 Å². The second-order valence-corrected chi connectivity index (χ2v) is 4.06. The first-order valence-electron chi connectivity index (χ1n) is 5.16. The minimum Gasteiger partial charge on any atom is -0.357 e. The van der Waals surface area contributed by atoms with Crippen LogP contribution in [0.1, 0.15) is 23.7 Å². The quantitative estimate of drug-likeness (QED) is 0.703. The van der Waals surface area contributed by atoms with Crippen molar-refractivity contribution in [2.45, 2.75) is 19.4 Å². The summed E-state index contributed by atoms with van der Waals surface area (Å²) < 4.78 is 0. The fraction of sp³-hybridized carbons (Fsp3) is 0.333. The van der Waals surface area contributed by atoms with E-state index in [4.69, 9.17) is 0 Å². The van der Waals surface area contributed by atoms with Gasteiger partial charge in [-0.05, 0) is 36.9 Å². The lowest BCUT2D eigenvalue weighted by molar-refractivity contribution is 0.377. The van der Waals surface area contributed by atoms with Crippen molar-refractivity contribution >= 4 is 10.9 Å². The molecule has 2 nitrogen and oxygen atoms in total. The molecule has 0 amide bonds. The van der Waals surface area contributed by atoms with Gasteiger partial charge in [0.05, 0.1) is 0 Å². The zero-order valence-electron chi connectivity index (χ0n) is 8.30. The van der Waals surface area contributed by atoms with Gasteiger partial charge in [-0.3, -0.25) is 0 Å². The van der Waals surface area contributed by atoms with Crippen molar-refractivity contribution in [2.24, 2.45) is 0 Å². The molecule has 2 heteroatoms. The Hall–Kier alpha value is -1.28. The predicted molar refractivity (Wildman–Crippen MR) is 58.4 cm³/mol. The van der Waals surface area contributed by atoms with Crippen molar-refractivity contribution in [3.8, 4) is 0 Å². The van der Waals surface area contributed by atoms with E-state index in [2.05, 4.69) is 41.5 Å². The average Bonchev–Trinajstić information content (AvgIpc) is 2.46. The van der Waals surface area contributed by atoms with Crippen LogP contribution < -0.4 is 5.32 Å². The number of para-hydroxylation sites is 1. The fourth-order valence-electron chi connectivity index (χ4n) is 2.07. The van der Waals surface area contributed by atoms with E-state index < -0.39 is 0 Å². The maximum Gasteiger partial charge on any atom is 0.0486 e. The van der Waals surface area contributed by atoms with Gasteiger partial charge in [-0.2, -0.15) is 0 Å². The summed E-state index contributed by atoms with van der Waals surface area (Å²) in [6.45, 7) is 3.30. The normalized spacial score (nSPS) is 21.1. The van der Waals surface area contributed by atoms with Gasteiger partial charge in [0.25, 0.3) is 0 Å². The SMILES string of the molecule is Cc1cccc2cc([C@H]3CCN3)[nH]c12. The summed E-state index contributed by atoms with van der Waals surface area (Å²) in [6, 6.07) is 9.25. The van der Waals surface area contributed by atoms with Crippen LogP contribution in [0.25, 0.3) is 10.9 Å². The molecule has 1 aliphatic heterocycles. The van der Waals surface area contributed by atoms with E-state index in [1.165, 1.54) is 28.6 Å². The number of rotatable bonds is 1. The molecule has 1 saturated heterocycles. The molecule has 0 saturated carbocycles. The molecule has 2 aromatic rings. The Kier molecular flexibility index (Phi) is 1.64. The van der Waals surface area contributed by atoms with Gasteiger partial charge in [-0.1, -0.05) is 18.2 Å². The molecule has 0 aliphatic carbocycles. The van der Waals surface area contributed by atoms with Gasteiger partial charge in [0, 0.05) is 17.3 Å². The van der Waals surface area contributed by atoms with Gasteiger partial charge < -0.3 is 10.3 Å². The van der Waals surface area contributed by atoms with Gasteiger partial charge >= 0.3 is 0 Å². The molecule has 1 fully saturated rings. The molecule has 14 heavy (non-hydrogen) atoms. The number of fused-ring (bicyclic) bond motifs is 1. The monoisotopic (exact) mass is 186 g/mol. The van der Waals surface area contributed by atoms with Crippen LogP contribution in [0.5, 0.6) is 0 Å². The summed E-state index contributed by atoms with van der Waals surface area (Å²) in [7, 11) is 0. The zero-order chi connectivity index (χ0) is 9.54. The standard InChI is InChI=1S/C12H14N2/c1-8-3-2-4-9-7-11(14-12(8)9)10-5-6-13-10/h2-4,7,10,13-14H,5-6H2,1H3/t10-/m1/s1. The van der Waals surface area contributed by atoms with Gasteiger partial charge in [0.15, 0.2) is 0 Å². The van der Waals surface area contributed by atoms with E-state index in [0.717, 1.165) is 6.54 Å². The lowest BCUT2D eigenvalue weighted by atomic mass is 10.0. The number of aromatic nitrogens is 1. The van der Waals surface area contributed by atoms with E-state index in [9.17, 15) is 0 Å². The maximum atomic E-state index is 3.50. The van der Waals surface area contributed by atoms with Gasteiger partial charge in [-0.15, -0.1) is 0 Å². The number of H-pyrrole nitrogens is 1. The minimum absolute atomic E-state index is 0.557. The lowest BCUT2D eigenvalue weighted by Crippen LogP contribution is -2.35. The molecular formula is C12H14N2. The number of nitrogens with one attached hydrogen (secondary N) is 2. The highest BCUT2D eigenvalue weighted by atomic mass is 15.0. The second kappa shape index (κ2) is 2.85. The number of benzene rings is 1. The third-order valence-electron chi connectivity index (χ3n) is 3.08. The maximum absolute atomic E-state index is 3.50. The highest BCUT2D eigenvalue weighted by molar-refractivity contribution is 5.83. The van der Waals surface area contributed by atoms with Crippen molar-refractivity contribution in [2.75, 3.05) is 6.54 Å². The molecule has 2 N–H and O–H groups in total. The Bertz CT molecular complexity index is 466. The third kappa shape index (κ3) is 1.07. The Morgan fingerprint density at radius 1 is 1.36 bits per heavy atom. The summed E-state index contributed by atoms with van der Waals surface area (Å²) in [5.41, 5.74) is 3.95. The number of aryl methyl sites for hydroxylation is 1. The molecule has 0 bridgehead atoms. The molecule has 0 spiro atoms. The van der Waals surface area contributed by atoms with Crippen molar-refractivity contribution < 1.29 is 0 Å². The summed E-state index contributed by atoms with van der Waals surface area (Å²) in [4.78, 5) is 3.50. The molecule has 1 aromatic carbocycles. The number of aromatic amines is 1. The molecule has 72 valence electrons. The summed E-state index contributed by atoms with van der Waals surface area (Å²) in [5, 5.41) is 4.74. The first-order valence-corrected chi connectivity index (χ1v) is 5.16. The van der Waals surface area contributed by atoms with Crippen LogP contribution in [0.2, 0.25) is 0 Å². The van der Waals surface area contributed by atoms with Gasteiger partial charge in [0.2, 0.25) is 0 Å². The molecule has 3 rings (SSSR count). The van der Waals surface area contributed by atoms with Crippen LogP contribution in [-0.4, -0.2) is 11.5 Å². The second-order valence-electron chi connectivity index (χ2n) is 4.06. The topological polar surface area (TPSA) is 27.8 Å². The van der Waals surface area contributed by atoms with Crippen molar-refractivity contribution in [3.05, 3.63) is 35.5 Å². The van der Waals surface area contributed by atoms with E-state index in [-0.39, 0.29) is 0 Å². The highest BCUT2D eigenvalue weighted by Crippen LogP contribution is 2.27. The summed E-state index contributed by atoms with van der Waals surface area (Å²) >= 11 is 0. The zero-order valence-corrected chi connectivity index (χ0v) is 8.30. The van der Waals surface area contributed by atoms with E-state index in [1.54, 1.807) is 0 Å². The largest absolute Gasteiger partial charge is 0.357 e. The predicted octanol–water partition coefficient (Wildman–Crippen LogP) is 2.51. The van der Waals surface area contributed by atoms with Crippen LogP contribution in [0, 0.1) is 6.92 Å². The Morgan fingerprint density at radius 2 is 2.21 bits per heavy atom. The van der Waals surface area contributed by atoms with Gasteiger partial charge in [0.1, 0.15) is 0 Å². The van der Waals surface area contributed by atoms with Gasteiger partial charge in [-0.25, -0.2) is 0 Å². The Balaban J connectivity index is 2.15. The molecule has 0 unspecified atom stereocenters. The van der Waals surface area contributed by atoms with Crippen LogP contribution >= 0.6 is 0 Å². The molecule has 1 aromatic heterocycles. The molecular weight excluding hydrogens is 172 g/mol. The fourth-order valence-corrected chi connectivity index (χ4v) is 2.07. The number of hydrogen-bond acceptors (Lipinski definition) is 1. The Labute approximate surface area is 83.3 Å². The van der Waals surface area contributed by atoms with E-state index >= 15 is 0 Å². The van der Waals surface area contributed by atoms with Crippen molar-refractivity contribution in [1.82, 2.24) is 10.3 Å². The molecule has 1 aliphatic rings. The minimum atomic E-state index is 0.557. The smallest absolute Gasteiger partial charge is 0.0486 e. The first kappa shape index (κ1) is 8.06. The van der Waals surface area contributed by atoms with Crippen LogP contribution in [0.3, 0.4) is 0 Å². The molecule has 2 heterocycles. The first-order chi connectivity index (χ1) is 6.84. The average molecular weight is 186 g/mol. The van der Waals surface area contributed by atoms with Crippen LogP contribution in [0.4, 0.5) is 0 Å². The molecule has 1 atom stereocenters. The van der Waals surface area contributed by atoms with E-state index in [1.807, 2.05) is 0 Å². The summed E-state index contributed by atoms with van der Waals surface area (Å²) in [6.07, 6.45) is 1.26.